The number of hydrogen-bond acceptors (Lipinski definition) is 4. The van der Waals surface area contributed by atoms with Crippen molar-refractivity contribution in [3.8, 4) is 0 Å². The molecule has 0 spiro atoms. The van der Waals surface area contributed by atoms with Gasteiger partial charge < -0.3 is 16.2 Å². The smallest absolute Gasteiger partial charge is 0.239 e. The summed E-state index contributed by atoms with van der Waals surface area (Å²) in [6.07, 6.45) is -0.101. The van der Waals surface area contributed by atoms with Crippen LogP contribution in [0.3, 0.4) is 0 Å². The van der Waals surface area contributed by atoms with E-state index in [-0.39, 0.29) is 12.5 Å². The second-order valence-electron chi connectivity index (χ2n) is 4.05. The number of rotatable bonds is 5. The maximum atomic E-state index is 11.6. The Morgan fingerprint density at radius 2 is 2.44 bits per heavy atom. The summed E-state index contributed by atoms with van der Waals surface area (Å²) in [6, 6.07) is 1.84. The average Bonchev–Trinajstić information content (AvgIpc) is 2.78. The van der Waals surface area contributed by atoms with Gasteiger partial charge in [-0.3, -0.25) is 4.79 Å². The maximum Gasteiger partial charge on any atom is 0.239 e. The van der Waals surface area contributed by atoms with Gasteiger partial charge in [0.1, 0.15) is 0 Å². The van der Waals surface area contributed by atoms with E-state index in [0.29, 0.717) is 6.42 Å². The Morgan fingerprint density at radius 1 is 1.75 bits per heavy atom. The molecule has 0 saturated carbocycles. The Bertz CT molecular complexity index is 336. The second-order valence-corrected chi connectivity index (χ2v) is 4.83. The highest BCUT2D eigenvalue weighted by atomic mass is 32.1. The van der Waals surface area contributed by atoms with Gasteiger partial charge in [0.15, 0.2) is 0 Å². The number of aliphatic hydroxyl groups excluding tert-OH is 1. The number of carbonyl (C=O) groups excluding carboxylic acids is 1. The normalized spacial score (nSPS) is 16.5. The highest BCUT2D eigenvalue weighted by molar-refractivity contribution is 7.07. The van der Waals surface area contributed by atoms with Gasteiger partial charge in [0.2, 0.25) is 5.91 Å². The van der Waals surface area contributed by atoms with Crippen LogP contribution in [0.4, 0.5) is 0 Å². The molecule has 1 aromatic rings. The van der Waals surface area contributed by atoms with Gasteiger partial charge in [0.25, 0.3) is 0 Å². The van der Waals surface area contributed by atoms with Crippen LogP contribution in [0.2, 0.25) is 0 Å². The van der Waals surface area contributed by atoms with Crippen LogP contribution in [-0.2, 0) is 4.79 Å². The molecule has 0 aliphatic carbocycles. The summed E-state index contributed by atoms with van der Waals surface area (Å²) in [6.45, 7) is 3.73. The molecule has 1 heterocycles. The van der Waals surface area contributed by atoms with Crippen molar-refractivity contribution in [2.24, 2.45) is 5.73 Å². The summed E-state index contributed by atoms with van der Waals surface area (Å²) in [5, 5.41) is 16.1. The van der Waals surface area contributed by atoms with E-state index in [9.17, 15) is 9.90 Å². The zero-order chi connectivity index (χ0) is 12.2. The molecule has 0 saturated heterocycles. The van der Waals surface area contributed by atoms with E-state index in [1.54, 1.807) is 6.92 Å². The zero-order valence-electron chi connectivity index (χ0n) is 9.56. The lowest BCUT2D eigenvalue weighted by molar-refractivity contribution is -0.126. The minimum Gasteiger partial charge on any atom is -0.387 e. The van der Waals surface area contributed by atoms with Crippen molar-refractivity contribution in [1.82, 2.24) is 5.32 Å². The van der Waals surface area contributed by atoms with Crippen molar-refractivity contribution in [1.29, 1.82) is 0 Å². The molecule has 0 radical (unpaired) electrons. The lowest BCUT2D eigenvalue weighted by Gasteiger charge is -2.22. The van der Waals surface area contributed by atoms with Crippen molar-refractivity contribution in [3.05, 3.63) is 22.4 Å². The second kappa shape index (κ2) is 5.43. The fraction of sp³-hybridized carbons (Fsp3) is 0.545. The number of carbonyl (C=O) groups is 1. The van der Waals surface area contributed by atoms with Gasteiger partial charge in [-0.25, -0.2) is 0 Å². The third-order valence-corrected chi connectivity index (χ3v) is 3.34. The van der Waals surface area contributed by atoms with E-state index in [4.69, 9.17) is 5.73 Å². The van der Waals surface area contributed by atoms with Crippen molar-refractivity contribution in [2.75, 3.05) is 6.54 Å². The van der Waals surface area contributed by atoms with Crippen LogP contribution in [0.15, 0.2) is 16.8 Å². The van der Waals surface area contributed by atoms with Gasteiger partial charge in [-0.05, 0) is 35.7 Å². The first-order valence-corrected chi connectivity index (χ1v) is 6.19. The van der Waals surface area contributed by atoms with E-state index in [0.717, 1.165) is 5.56 Å². The Kier molecular flexibility index (Phi) is 4.46. The van der Waals surface area contributed by atoms with Crippen LogP contribution in [0.5, 0.6) is 0 Å². The molecule has 1 aromatic heterocycles. The van der Waals surface area contributed by atoms with Crippen molar-refractivity contribution >= 4 is 17.2 Å². The lowest BCUT2D eigenvalue weighted by atomic mass is 9.99. The predicted molar refractivity (Wildman–Crippen MR) is 65.2 cm³/mol. The van der Waals surface area contributed by atoms with Crippen LogP contribution in [0.25, 0.3) is 0 Å². The van der Waals surface area contributed by atoms with Gasteiger partial charge in [0, 0.05) is 6.54 Å². The molecule has 0 fully saturated rings. The molecule has 2 atom stereocenters. The Morgan fingerprint density at radius 3 is 2.94 bits per heavy atom. The van der Waals surface area contributed by atoms with E-state index >= 15 is 0 Å². The molecule has 0 aliphatic rings. The fourth-order valence-corrected chi connectivity index (χ4v) is 1.84. The standard InChI is InChI=1S/C11H18N2O2S/c1-3-11(2,12)10(15)13-6-9(14)8-4-5-16-7-8/h4-5,7,9,14H,3,6,12H2,1-2H3,(H,13,15). The van der Waals surface area contributed by atoms with E-state index < -0.39 is 11.6 Å². The van der Waals surface area contributed by atoms with E-state index in [1.807, 2.05) is 23.8 Å². The highest BCUT2D eigenvalue weighted by Gasteiger charge is 2.26. The first-order chi connectivity index (χ1) is 7.47. The highest BCUT2D eigenvalue weighted by Crippen LogP contribution is 2.15. The number of thiophene rings is 1. The molecular formula is C11H18N2O2S. The molecule has 2 unspecified atom stereocenters. The summed E-state index contributed by atoms with van der Waals surface area (Å²) >= 11 is 1.51. The van der Waals surface area contributed by atoms with Crippen molar-refractivity contribution in [3.63, 3.8) is 0 Å². The summed E-state index contributed by atoms with van der Waals surface area (Å²) in [5.74, 6) is -0.232. The first kappa shape index (κ1) is 13.2. The van der Waals surface area contributed by atoms with Crippen molar-refractivity contribution < 1.29 is 9.90 Å². The third kappa shape index (κ3) is 3.30. The molecule has 0 aromatic carbocycles. The first-order valence-electron chi connectivity index (χ1n) is 5.24. The zero-order valence-corrected chi connectivity index (χ0v) is 10.4. The number of amides is 1. The number of hydrogen-bond donors (Lipinski definition) is 3. The van der Waals surface area contributed by atoms with Gasteiger partial charge >= 0.3 is 0 Å². The van der Waals surface area contributed by atoms with Crippen LogP contribution in [-0.4, -0.2) is 23.1 Å². The summed E-state index contributed by atoms with van der Waals surface area (Å²) < 4.78 is 0. The van der Waals surface area contributed by atoms with Crippen LogP contribution in [0, 0.1) is 0 Å². The summed E-state index contributed by atoms with van der Waals surface area (Å²) in [5.41, 5.74) is 5.73. The summed E-state index contributed by atoms with van der Waals surface area (Å²) in [4.78, 5) is 11.6. The van der Waals surface area contributed by atoms with E-state index in [1.165, 1.54) is 11.3 Å². The third-order valence-electron chi connectivity index (χ3n) is 2.64. The van der Waals surface area contributed by atoms with Crippen LogP contribution >= 0.6 is 11.3 Å². The molecule has 5 heteroatoms. The molecule has 90 valence electrons. The van der Waals surface area contributed by atoms with Gasteiger partial charge in [0.05, 0.1) is 11.6 Å². The van der Waals surface area contributed by atoms with Gasteiger partial charge in [-0.2, -0.15) is 11.3 Å². The minimum absolute atomic E-state index is 0.197. The molecule has 4 N–H and O–H groups in total. The van der Waals surface area contributed by atoms with Gasteiger partial charge in [-0.1, -0.05) is 6.92 Å². The number of aliphatic hydroxyl groups is 1. The molecule has 0 bridgehead atoms. The maximum absolute atomic E-state index is 11.6. The molecule has 4 nitrogen and oxygen atoms in total. The fourth-order valence-electron chi connectivity index (χ4n) is 1.13. The van der Waals surface area contributed by atoms with Gasteiger partial charge in [-0.15, -0.1) is 0 Å². The summed E-state index contributed by atoms with van der Waals surface area (Å²) in [7, 11) is 0. The lowest BCUT2D eigenvalue weighted by Crippen LogP contribution is -2.51. The monoisotopic (exact) mass is 242 g/mol. The van der Waals surface area contributed by atoms with Crippen molar-refractivity contribution in [2.45, 2.75) is 31.9 Å². The average molecular weight is 242 g/mol. The number of nitrogens with one attached hydrogen (secondary N) is 1. The Labute approximate surface area is 99.5 Å². The predicted octanol–water partition coefficient (Wildman–Crippen LogP) is 1.03. The van der Waals surface area contributed by atoms with E-state index in [2.05, 4.69) is 5.32 Å². The Hall–Kier alpha value is -0.910. The topological polar surface area (TPSA) is 75.4 Å². The molecule has 1 rings (SSSR count). The Balaban J connectivity index is 2.44. The SMILES string of the molecule is CCC(C)(N)C(=O)NCC(O)c1ccsc1. The molecule has 16 heavy (non-hydrogen) atoms. The number of nitrogens with two attached hydrogens (primary N) is 1. The van der Waals surface area contributed by atoms with Crippen LogP contribution in [0.1, 0.15) is 31.9 Å². The largest absolute Gasteiger partial charge is 0.387 e. The quantitative estimate of drug-likeness (QED) is 0.721. The molecular weight excluding hydrogens is 224 g/mol. The molecule has 0 aliphatic heterocycles. The minimum atomic E-state index is -0.867. The molecule has 1 amide bonds. The van der Waals surface area contributed by atoms with Crippen LogP contribution < -0.4 is 11.1 Å².